The Labute approximate surface area is 119 Å². The third-order valence-corrected chi connectivity index (χ3v) is 3.80. The molecule has 0 radical (unpaired) electrons. The molecular weight excluding hydrogens is 256 g/mol. The van der Waals surface area contributed by atoms with Gasteiger partial charge in [-0.3, -0.25) is 10.1 Å². The van der Waals surface area contributed by atoms with E-state index in [4.69, 9.17) is 4.74 Å². The van der Waals surface area contributed by atoms with E-state index < -0.39 is 4.92 Å². The average molecular weight is 279 g/mol. The molecule has 0 aromatic heterocycles. The first-order valence-corrected chi connectivity index (χ1v) is 7.46. The molecule has 1 fully saturated rings. The van der Waals surface area contributed by atoms with Crippen LogP contribution in [0.1, 0.15) is 32.1 Å². The number of rotatable bonds is 6. The second kappa shape index (κ2) is 7.85. The molecule has 0 aliphatic carbocycles. The Bertz CT molecular complexity index is 412. The van der Waals surface area contributed by atoms with Crippen LogP contribution in [-0.4, -0.2) is 31.2 Å². The molecule has 110 valence electrons. The predicted octanol–water partition coefficient (Wildman–Crippen LogP) is 1.82. The van der Waals surface area contributed by atoms with E-state index in [0.29, 0.717) is 12.4 Å². The summed E-state index contributed by atoms with van der Waals surface area (Å²) < 4.78 is 5.63. The van der Waals surface area contributed by atoms with Gasteiger partial charge in [0, 0.05) is 18.6 Å². The molecule has 0 unspecified atom stereocenters. The van der Waals surface area contributed by atoms with Crippen LogP contribution in [0, 0.1) is 10.1 Å². The Morgan fingerprint density at radius 3 is 2.35 bits per heavy atom. The first-order valence-electron chi connectivity index (χ1n) is 7.46. The van der Waals surface area contributed by atoms with Gasteiger partial charge in [-0.15, -0.1) is 0 Å². The largest absolute Gasteiger partial charge is 0.493 e. The van der Waals surface area contributed by atoms with Crippen LogP contribution < -0.4 is 9.64 Å². The zero-order valence-corrected chi connectivity index (χ0v) is 11.8. The Kier molecular flexibility index (Phi) is 5.80. The van der Waals surface area contributed by atoms with Gasteiger partial charge in [0.15, 0.2) is 0 Å². The van der Waals surface area contributed by atoms with Crippen LogP contribution in [0.2, 0.25) is 0 Å². The number of nitro groups is 1. The smallest absolute Gasteiger partial charge is 0.269 e. The second-order valence-electron chi connectivity index (χ2n) is 5.37. The van der Waals surface area contributed by atoms with Crippen molar-refractivity contribution in [2.75, 3.05) is 26.2 Å². The van der Waals surface area contributed by atoms with Gasteiger partial charge in [0.2, 0.25) is 0 Å². The van der Waals surface area contributed by atoms with Crippen LogP contribution in [0.3, 0.4) is 0 Å². The van der Waals surface area contributed by atoms with E-state index in [0.717, 1.165) is 13.0 Å². The van der Waals surface area contributed by atoms with Crippen molar-refractivity contribution in [1.82, 2.24) is 0 Å². The molecule has 0 saturated carbocycles. The minimum atomic E-state index is -0.396. The summed E-state index contributed by atoms with van der Waals surface area (Å²) in [4.78, 5) is 11.8. The van der Waals surface area contributed by atoms with Gasteiger partial charge in [-0.1, -0.05) is 0 Å². The highest BCUT2D eigenvalue weighted by Gasteiger charge is 2.11. The maximum absolute atomic E-state index is 10.5. The summed E-state index contributed by atoms with van der Waals surface area (Å²) in [6, 6.07) is 6.29. The number of nitro benzene ring substituents is 1. The fourth-order valence-electron chi connectivity index (χ4n) is 2.65. The highest BCUT2D eigenvalue weighted by molar-refractivity contribution is 5.35. The molecule has 1 saturated heterocycles. The molecule has 1 aromatic rings. The van der Waals surface area contributed by atoms with Crippen molar-refractivity contribution in [3.8, 4) is 5.75 Å². The highest BCUT2D eigenvalue weighted by Crippen LogP contribution is 2.17. The van der Waals surface area contributed by atoms with Gasteiger partial charge < -0.3 is 9.64 Å². The maximum Gasteiger partial charge on any atom is 0.269 e. The number of nitrogens with one attached hydrogen (secondary N) is 1. The van der Waals surface area contributed by atoms with E-state index >= 15 is 0 Å². The molecule has 20 heavy (non-hydrogen) atoms. The Hall–Kier alpha value is -1.62. The summed E-state index contributed by atoms with van der Waals surface area (Å²) >= 11 is 0. The molecule has 0 spiro atoms. The Morgan fingerprint density at radius 2 is 1.75 bits per heavy atom. The predicted molar refractivity (Wildman–Crippen MR) is 77.2 cm³/mol. The van der Waals surface area contributed by atoms with Gasteiger partial charge in [-0.05, 0) is 37.8 Å². The van der Waals surface area contributed by atoms with Gasteiger partial charge in [0.1, 0.15) is 5.75 Å². The number of non-ortho nitro benzene ring substituents is 1. The summed E-state index contributed by atoms with van der Waals surface area (Å²) in [6.07, 6.45) is 6.48. The molecule has 1 aliphatic rings. The van der Waals surface area contributed by atoms with Crippen molar-refractivity contribution in [3.63, 3.8) is 0 Å². The normalized spacial score (nSPS) is 16.6. The van der Waals surface area contributed by atoms with E-state index in [2.05, 4.69) is 0 Å². The van der Waals surface area contributed by atoms with Gasteiger partial charge in [0.25, 0.3) is 5.69 Å². The fourth-order valence-corrected chi connectivity index (χ4v) is 2.65. The molecule has 5 nitrogen and oxygen atoms in total. The molecule has 1 N–H and O–H groups in total. The number of likely N-dealkylation sites (tertiary alicyclic amines) is 1. The second-order valence-corrected chi connectivity index (χ2v) is 5.37. The summed E-state index contributed by atoms with van der Waals surface area (Å²) in [5, 5.41) is 10.5. The van der Waals surface area contributed by atoms with Crippen molar-refractivity contribution in [2.24, 2.45) is 0 Å². The molecule has 1 aromatic carbocycles. The number of ether oxygens (including phenoxy) is 1. The van der Waals surface area contributed by atoms with Crippen LogP contribution in [0.15, 0.2) is 24.3 Å². The van der Waals surface area contributed by atoms with Gasteiger partial charge >= 0.3 is 0 Å². The molecular formula is C15H23N2O3+. The third kappa shape index (κ3) is 4.81. The van der Waals surface area contributed by atoms with Crippen molar-refractivity contribution < 1.29 is 14.6 Å². The average Bonchev–Trinajstić information content (AvgIpc) is 2.73. The van der Waals surface area contributed by atoms with Crippen molar-refractivity contribution in [3.05, 3.63) is 34.4 Å². The SMILES string of the molecule is O=[N+]([O-])c1ccc(OCCC[NH+]2CCCCCC2)cc1. The Morgan fingerprint density at radius 1 is 1.10 bits per heavy atom. The molecule has 0 bridgehead atoms. The molecule has 0 atom stereocenters. The molecule has 1 heterocycles. The van der Waals surface area contributed by atoms with Crippen LogP contribution >= 0.6 is 0 Å². The number of benzene rings is 1. The summed E-state index contributed by atoms with van der Waals surface area (Å²) in [6.45, 7) is 4.42. The minimum Gasteiger partial charge on any atom is -0.493 e. The maximum atomic E-state index is 10.5. The van der Waals surface area contributed by atoms with Crippen LogP contribution in [-0.2, 0) is 0 Å². The number of hydrogen-bond acceptors (Lipinski definition) is 3. The molecule has 0 amide bonds. The van der Waals surface area contributed by atoms with E-state index in [1.807, 2.05) is 0 Å². The standard InChI is InChI=1S/C15H22N2O3/c18-17(19)14-6-8-15(9-7-14)20-13-5-12-16-10-3-1-2-4-11-16/h6-9H,1-5,10-13H2/p+1. The van der Waals surface area contributed by atoms with E-state index in [1.54, 1.807) is 17.0 Å². The molecule has 2 rings (SSSR count). The molecule has 1 aliphatic heterocycles. The lowest BCUT2D eigenvalue weighted by atomic mass is 10.2. The van der Waals surface area contributed by atoms with E-state index in [1.165, 1.54) is 50.9 Å². The van der Waals surface area contributed by atoms with E-state index in [-0.39, 0.29) is 5.69 Å². The van der Waals surface area contributed by atoms with Crippen molar-refractivity contribution in [2.45, 2.75) is 32.1 Å². The van der Waals surface area contributed by atoms with E-state index in [9.17, 15) is 10.1 Å². The first kappa shape index (κ1) is 14.8. The lowest BCUT2D eigenvalue weighted by molar-refractivity contribution is -0.899. The Balaban J connectivity index is 1.66. The zero-order chi connectivity index (χ0) is 14.2. The van der Waals surface area contributed by atoms with Crippen molar-refractivity contribution >= 4 is 5.69 Å². The minimum absolute atomic E-state index is 0.103. The van der Waals surface area contributed by atoms with Crippen LogP contribution in [0.4, 0.5) is 5.69 Å². The van der Waals surface area contributed by atoms with Crippen LogP contribution in [0.25, 0.3) is 0 Å². The summed E-state index contributed by atoms with van der Waals surface area (Å²) in [5.74, 6) is 0.710. The van der Waals surface area contributed by atoms with Gasteiger partial charge in [-0.25, -0.2) is 0 Å². The zero-order valence-electron chi connectivity index (χ0n) is 11.8. The molecule has 5 heteroatoms. The van der Waals surface area contributed by atoms with Crippen LogP contribution in [0.5, 0.6) is 5.75 Å². The number of hydrogen-bond donors (Lipinski definition) is 1. The number of quaternary nitrogens is 1. The topological polar surface area (TPSA) is 56.8 Å². The third-order valence-electron chi connectivity index (χ3n) is 3.80. The quantitative estimate of drug-likeness (QED) is 0.491. The first-order chi connectivity index (χ1) is 9.75. The fraction of sp³-hybridized carbons (Fsp3) is 0.600. The lowest BCUT2D eigenvalue weighted by Crippen LogP contribution is -3.11. The van der Waals surface area contributed by atoms with Crippen molar-refractivity contribution in [1.29, 1.82) is 0 Å². The summed E-state index contributed by atoms with van der Waals surface area (Å²) in [7, 11) is 0. The monoisotopic (exact) mass is 279 g/mol. The van der Waals surface area contributed by atoms with Gasteiger partial charge in [0.05, 0.1) is 31.2 Å². The number of nitrogens with zero attached hydrogens (tertiary/aromatic N) is 1. The lowest BCUT2D eigenvalue weighted by Gasteiger charge is -2.16. The summed E-state index contributed by atoms with van der Waals surface area (Å²) in [5.41, 5.74) is 0.103. The highest BCUT2D eigenvalue weighted by atomic mass is 16.6. The van der Waals surface area contributed by atoms with Gasteiger partial charge in [-0.2, -0.15) is 0 Å².